The summed E-state index contributed by atoms with van der Waals surface area (Å²) in [6.45, 7) is 8.22. The highest BCUT2D eigenvalue weighted by Gasteiger charge is 2.08. The molecule has 21 heavy (non-hydrogen) atoms. The van der Waals surface area contributed by atoms with Gasteiger partial charge in [-0.1, -0.05) is 19.1 Å². The topological polar surface area (TPSA) is 48.1 Å². The Morgan fingerprint density at radius 2 is 1.90 bits per heavy atom. The normalized spacial score (nSPS) is 12.2. The van der Waals surface area contributed by atoms with Crippen molar-refractivity contribution >= 4 is 0 Å². The molecule has 0 spiro atoms. The molecule has 0 bridgehead atoms. The highest BCUT2D eigenvalue weighted by Crippen LogP contribution is 2.27. The maximum Gasteiger partial charge on any atom is 0.222 e. The summed E-state index contributed by atoms with van der Waals surface area (Å²) in [7, 11) is 0. The zero-order valence-electron chi connectivity index (χ0n) is 13.3. The number of hydrogen-bond donors (Lipinski definition) is 1. The van der Waals surface area contributed by atoms with Crippen molar-refractivity contribution < 1.29 is 4.74 Å². The molecule has 0 amide bonds. The summed E-state index contributed by atoms with van der Waals surface area (Å²) in [6.07, 6.45) is 3.69. The third-order valence-corrected chi connectivity index (χ3v) is 3.66. The van der Waals surface area contributed by atoms with Crippen molar-refractivity contribution in [3.8, 4) is 11.6 Å². The molecule has 1 heterocycles. The molecule has 0 aliphatic carbocycles. The van der Waals surface area contributed by atoms with Gasteiger partial charge in [0.25, 0.3) is 0 Å². The maximum atomic E-state index is 5.99. The van der Waals surface area contributed by atoms with Crippen LogP contribution in [0.4, 0.5) is 0 Å². The lowest BCUT2D eigenvalue weighted by Gasteiger charge is -2.13. The smallest absolute Gasteiger partial charge is 0.222 e. The van der Waals surface area contributed by atoms with E-state index in [1.54, 1.807) is 0 Å². The van der Waals surface area contributed by atoms with Crippen LogP contribution in [-0.2, 0) is 6.42 Å². The molecular formula is C18H24N2O. The van der Waals surface area contributed by atoms with Gasteiger partial charge in [-0.15, -0.1) is 0 Å². The third kappa shape index (κ3) is 4.05. The molecule has 0 aliphatic heterocycles. The van der Waals surface area contributed by atoms with Gasteiger partial charge in [-0.25, -0.2) is 4.98 Å². The summed E-state index contributed by atoms with van der Waals surface area (Å²) >= 11 is 0. The number of hydrogen-bond acceptors (Lipinski definition) is 3. The molecule has 2 N–H and O–H groups in total. The number of pyridine rings is 1. The zero-order chi connectivity index (χ0) is 15.4. The molecule has 1 atom stereocenters. The van der Waals surface area contributed by atoms with Crippen LogP contribution >= 0.6 is 0 Å². The summed E-state index contributed by atoms with van der Waals surface area (Å²) in [5.41, 5.74) is 10.5. The first kappa shape index (κ1) is 15.5. The van der Waals surface area contributed by atoms with E-state index in [0.717, 1.165) is 35.3 Å². The van der Waals surface area contributed by atoms with E-state index >= 15 is 0 Å². The highest BCUT2D eigenvalue weighted by molar-refractivity contribution is 5.40. The molecule has 0 radical (unpaired) electrons. The number of aromatic nitrogens is 1. The van der Waals surface area contributed by atoms with Crippen LogP contribution in [0.3, 0.4) is 0 Å². The third-order valence-electron chi connectivity index (χ3n) is 3.66. The van der Waals surface area contributed by atoms with E-state index in [0.29, 0.717) is 5.88 Å². The lowest BCUT2D eigenvalue weighted by Crippen LogP contribution is -2.21. The molecule has 1 unspecified atom stereocenters. The summed E-state index contributed by atoms with van der Waals surface area (Å²) < 4.78 is 5.96. The predicted molar refractivity (Wildman–Crippen MR) is 86.9 cm³/mol. The fraction of sp³-hybridized carbons (Fsp3) is 0.389. The van der Waals surface area contributed by atoms with E-state index in [2.05, 4.69) is 37.0 Å². The quantitative estimate of drug-likeness (QED) is 0.900. The minimum absolute atomic E-state index is 0.192. The van der Waals surface area contributed by atoms with Crippen molar-refractivity contribution in [3.05, 3.63) is 52.7 Å². The molecule has 2 aromatic rings. The molecule has 112 valence electrons. The molecule has 0 saturated carbocycles. The minimum Gasteiger partial charge on any atom is -0.438 e. The van der Waals surface area contributed by atoms with Crippen molar-refractivity contribution in [2.75, 3.05) is 0 Å². The van der Waals surface area contributed by atoms with E-state index in [1.807, 2.05) is 26.1 Å². The van der Waals surface area contributed by atoms with Gasteiger partial charge in [0.05, 0.1) is 0 Å². The minimum atomic E-state index is 0.192. The van der Waals surface area contributed by atoms with E-state index in [1.165, 1.54) is 5.56 Å². The Bertz CT molecular complexity index is 623. The second kappa shape index (κ2) is 6.72. The number of rotatable bonds is 5. The molecule has 3 heteroatoms. The van der Waals surface area contributed by atoms with Crippen LogP contribution in [0.1, 0.15) is 35.6 Å². The van der Waals surface area contributed by atoms with Crippen molar-refractivity contribution in [2.45, 2.75) is 46.6 Å². The largest absolute Gasteiger partial charge is 0.438 e. The molecule has 0 fully saturated rings. The van der Waals surface area contributed by atoms with Crippen molar-refractivity contribution in [1.82, 2.24) is 4.98 Å². The molecule has 3 nitrogen and oxygen atoms in total. The number of nitrogens with two attached hydrogens (primary N) is 1. The van der Waals surface area contributed by atoms with Gasteiger partial charge in [0.1, 0.15) is 5.75 Å². The van der Waals surface area contributed by atoms with Gasteiger partial charge >= 0.3 is 0 Å². The van der Waals surface area contributed by atoms with Crippen LogP contribution in [-0.4, -0.2) is 11.0 Å². The number of nitrogens with zero attached hydrogens (tertiary/aromatic N) is 1. The Hall–Kier alpha value is -1.87. The first-order chi connectivity index (χ1) is 9.99. The van der Waals surface area contributed by atoms with Crippen LogP contribution in [0.5, 0.6) is 11.6 Å². The molecule has 1 aromatic carbocycles. The average molecular weight is 284 g/mol. The van der Waals surface area contributed by atoms with Gasteiger partial charge in [-0.3, -0.25) is 0 Å². The first-order valence-corrected chi connectivity index (χ1v) is 7.45. The van der Waals surface area contributed by atoms with Crippen LogP contribution in [0.15, 0.2) is 30.5 Å². The van der Waals surface area contributed by atoms with Crippen LogP contribution in [0, 0.1) is 20.8 Å². The summed E-state index contributed by atoms with van der Waals surface area (Å²) in [6, 6.07) is 8.49. The second-order valence-electron chi connectivity index (χ2n) is 5.71. The van der Waals surface area contributed by atoms with Crippen LogP contribution in [0.2, 0.25) is 0 Å². The predicted octanol–water partition coefficient (Wildman–Crippen LogP) is 4.08. The monoisotopic (exact) mass is 284 g/mol. The first-order valence-electron chi connectivity index (χ1n) is 7.45. The van der Waals surface area contributed by atoms with E-state index in [9.17, 15) is 0 Å². The fourth-order valence-electron chi connectivity index (χ4n) is 2.21. The van der Waals surface area contributed by atoms with Gasteiger partial charge in [0, 0.05) is 17.8 Å². The molecular weight excluding hydrogens is 260 g/mol. The number of aryl methyl sites for hydroxylation is 3. The van der Waals surface area contributed by atoms with Gasteiger partial charge in [-0.2, -0.15) is 0 Å². The van der Waals surface area contributed by atoms with Gasteiger partial charge < -0.3 is 10.5 Å². The molecule has 0 aliphatic rings. The lowest BCUT2D eigenvalue weighted by atomic mass is 10.1. The molecule has 2 rings (SSSR count). The SMILES string of the molecule is CCC(N)Cc1cnc(Oc2cc(C)ccc2C)c(C)c1. The van der Waals surface area contributed by atoms with Gasteiger partial charge in [0.15, 0.2) is 0 Å². The van der Waals surface area contributed by atoms with Crippen molar-refractivity contribution in [1.29, 1.82) is 0 Å². The van der Waals surface area contributed by atoms with E-state index < -0.39 is 0 Å². The zero-order valence-corrected chi connectivity index (χ0v) is 13.3. The Kier molecular flexibility index (Phi) is 4.97. The summed E-state index contributed by atoms with van der Waals surface area (Å²) in [5, 5.41) is 0. The summed E-state index contributed by atoms with van der Waals surface area (Å²) in [5.74, 6) is 1.53. The Balaban J connectivity index is 2.19. The van der Waals surface area contributed by atoms with E-state index in [4.69, 9.17) is 10.5 Å². The number of benzene rings is 1. The fourth-order valence-corrected chi connectivity index (χ4v) is 2.21. The maximum absolute atomic E-state index is 5.99. The lowest BCUT2D eigenvalue weighted by molar-refractivity contribution is 0.454. The Morgan fingerprint density at radius 3 is 2.57 bits per heavy atom. The van der Waals surface area contributed by atoms with Gasteiger partial charge in [-0.05, 0) is 62.4 Å². The van der Waals surface area contributed by atoms with Crippen molar-refractivity contribution in [3.63, 3.8) is 0 Å². The van der Waals surface area contributed by atoms with Crippen LogP contribution in [0.25, 0.3) is 0 Å². The number of ether oxygens (including phenoxy) is 1. The molecule has 0 saturated heterocycles. The second-order valence-corrected chi connectivity index (χ2v) is 5.71. The highest BCUT2D eigenvalue weighted by atomic mass is 16.5. The van der Waals surface area contributed by atoms with Crippen molar-refractivity contribution in [2.24, 2.45) is 5.73 Å². The van der Waals surface area contributed by atoms with Crippen LogP contribution < -0.4 is 10.5 Å². The standard InChI is InChI=1S/C18H24N2O/c1-5-16(19)10-15-9-14(4)18(20-11-15)21-17-8-12(2)6-7-13(17)3/h6-9,11,16H,5,10,19H2,1-4H3. The van der Waals surface area contributed by atoms with Gasteiger partial charge in [0.2, 0.25) is 5.88 Å². The molecule has 1 aromatic heterocycles. The van der Waals surface area contributed by atoms with E-state index in [-0.39, 0.29) is 6.04 Å². The average Bonchev–Trinajstić information content (AvgIpc) is 2.45. The summed E-state index contributed by atoms with van der Waals surface area (Å²) in [4.78, 5) is 4.45. The Morgan fingerprint density at radius 1 is 1.14 bits per heavy atom. The Labute approximate surface area is 127 Å².